The Hall–Kier alpha value is -8.48. The van der Waals surface area contributed by atoms with Crippen LogP contribution in [0.5, 0.6) is 17.6 Å². The fourth-order valence-electron chi connectivity index (χ4n) is 7.92. The maximum Gasteiger partial charge on any atom is 0.427 e. The lowest BCUT2D eigenvalue weighted by Gasteiger charge is -2.28. The Bertz CT molecular complexity index is 3720. The van der Waals surface area contributed by atoms with Crippen LogP contribution in [0.3, 0.4) is 0 Å². The number of hydrogen-bond acceptors (Lipinski definition) is 16. The summed E-state index contributed by atoms with van der Waals surface area (Å²) in [5, 5.41) is 22.6. The lowest BCUT2D eigenvalue weighted by Crippen LogP contribution is -2.45. The van der Waals surface area contributed by atoms with E-state index >= 15 is 0 Å². The van der Waals surface area contributed by atoms with E-state index in [1.807, 2.05) is 0 Å². The second-order valence-corrected chi connectivity index (χ2v) is 22.1. The highest BCUT2D eigenvalue weighted by Gasteiger charge is 2.62. The lowest BCUT2D eigenvalue weighted by molar-refractivity contribution is -0.236. The van der Waals surface area contributed by atoms with Crippen LogP contribution >= 0.6 is 12.1 Å². The van der Waals surface area contributed by atoms with Gasteiger partial charge in [-0.3, -0.25) is 28.2 Å². The molecule has 3 unspecified atom stereocenters. The maximum atomic E-state index is 14.3. The van der Waals surface area contributed by atoms with E-state index in [0.29, 0.717) is 0 Å². The first kappa shape index (κ1) is 66.0. The van der Waals surface area contributed by atoms with Gasteiger partial charge in [0, 0.05) is 91.5 Å². The molecule has 9 heterocycles. The molecule has 3 atom stereocenters. The predicted octanol–water partition coefficient (Wildman–Crippen LogP) is 13.7. The van der Waals surface area contributed by atoms with Gasteiger partial charge in [0.05, 0.1) is 53.4 Å². The Morgan fingerprint density at radius 2 is 0.633 bits per heavy atom. The normalized spacial score (nSPS) is 18.4. The van der Waals surface area contributed by atoms with Crippen molar-refractivity contribution in [1.29, 1.82) is 0 Å². The summed E-state index contributed by atoms with van der Waals surface area (Å²) in [7, 11) is 0. The molecule has 9 aromatic rings. The van der Waals surface area contributed by atoms with Crippen LogP contribution in [-0.2, 0) is 0 Å². The molecule has 90 heavy (non-hydrogen) atoms. The van der Waals surface area contributed by atoms with Crippen LogP contribution in [0.4, 0.5) is 82.9 Å². The molecule has 0 saturated heterocycles. The third-order valence-electron chi connectivity index (χ3n) is 13.8. The summed E-state index contributed by atoms with van der Waals surface area (Å²) in [5.41, 5.74) is -6.46. The van der Waals surface area contributed by atoms with Crippen molar-refractivity contribution in [2.24, 2.45) is 0 Å². The van der Waals surface area contributed by atoms with Crippen LogP contribution in [0.15, 0.2) is 74.0 Å². The Labute approximate surface area is 497 Å². The van der Waals surface area contributed by atoms with Gasteiger partial charge >= 0.3 is 18.5 Å². The largest absolute Gasteiger partial charge is 0.460 e. The van der Waals surface area contributed by atoms with Crippen LogP contribution in [0.25, 0.3) is 50.7 Å². The van der Waals surface area contributed by atoms with Crippen LogP contribution < -0.4 is 14.2 Å². The second-order valence-electron chi connectivity index (χ2n) is 21.7. The van der Waals surface area contributed by atoms with Crippen molar-refractivity contribution in [2.45, 2.75) is 132 Å². The second kappa shape index (κ2) is 23.1. The van der Waals surface area contributed by atoms with Gasteiger partial charge in [-0.05, 0) is 59.7 Å². The van der Waals surface area contributed by atoms with Crippen LogP contribution in [-0.4, -0.2) is 133 Å². The fraction of sp³-hybridized carbons (Fsp3) is 0.423. The number of aromatic nitrogens is 15. The van der Waals surface area contributed by atoms with E-state index < -0.39 is 106 Å². The first-order valence-corrected chi connectivity index (χ1v) is 26.9. The van der Waals surface area contributed by atoms with Gasteiger partial charge in [-0.25, -0.2) is 54.5 Å². The summed E-state index contributed by atoms with van der Waals surface area (Å²) >= 11 is 0.250. The Morgan fingerprint density at radius 3 is 0.822 bits per heavy atom. The molecule has 0 amide bonds. The minimum Gasteiger partial charge on any atom is -0.460 e. The van der Waals surface area contributed by atoms with Gasteiger partial charge in [0.1, 0.15) is 17.5 Å². The Balaban J connectivity index is 0.000000156. The molecule has 12 rings (SSSR count). The highest BCUT2D eigenvalue weighted by Crippen LogP contribution is 2.57. The molecule has 0 aliphatic heterocycles. The Kier molecular flexibility index (Phi) is 16.9. The van der Waals surface area contributed by atoms with Gasteiger partial charge in [-0.1, -0.05) is 0 Å². The molecule has 38 heteroatoms. The van der Waals surface area contributed by atoms with Gasteiger partial charge in [0.2, 0.25) is 0 Å². The molecular formula is C52H42F19N15O3S. The third kappa shape index (κ3) is 13.6. The number of hydrogen-bond donors (Lipinski definition) is 0. The van der Waals surface area contributed by atoms with Crippen molar-refractivity contribution in [3.05, 3.63) is 109 Å². The number of fused-ring (bicyclic) bond motifs is 3. The maximum absolute atomic E-state index is 14.3. The average molecular weight is 1320 g/mol. The average Bonchev–Trinajstić information content (AvgIpc) is 1.59. The molecular weight excluding hydrogens is 1280 g/mol. The standard InChI is InChI=1S/3C17H13F6N5O.CH3FS/c3*1-15(2,17(21,22)23)29-14-10(18)3-8(5-25-14)11-7-28-12(6-24-11)26-27-13(28)9-4-16(9,19)20;1-3-2/h3*3,5-7,9H,4H2,1-2H3;1H3. The molecule has 0 radical (unpaired) electrons. The first-order chi connectivity index (χ1) is 41.6. The quantitative estimate of drug-likeness (QED) is 0.105. The summed E-state index contributed by atoms with van der Waals surface area (Å²) in [6, 6.07) is 2.70. The van der Waals surface area contributed by atoms with Gasteiger partial charge in [-0.2, -0.15) is 43.4 Å². The molecule has 0 bridgehead atoms. The van der Waals surface area contributed by atoms with Gasteiger partial charge in [0.15, 0.2) is 51.2 Å². The number of rotatable bonds is 12. The molecule has 3 aliphatic carbocycles. The van der Waals surface area contributed by atoms with Gasteiger partial charge < -0.3 is 14.2 Å². The fourth-order valence-corrected chi connectivity index (χ4v) is 7.92. The number of pyridine rings is 3. The van der Waals surface area contributed by atoms with E-state index in [9.17, 15) is 82.9 Å². The third-order valence-corrected chi connectivity index (χ3v) is 13.8. The summed E-state index contributed by atoms with van der Waals surface area (Å²) in [5.74, 6) is -17.5. The van der Waals surface area contributed by atoms with E-state index in [4.69, 9.17) is 0 Å². The van der Waals surface area contributed by atoms with Crippen molar-refractivity contribution < 1.29 is 97.1 Å². The predicted molar refractivity (Wildman–Crippen MR) is 276 cm³/mol. The van der Waals surface area contributed by atoms with E-state index in [1.54, 1.807) is 0 Å². The van der Waals surface area contributed by atoms with Crippen LogP contribution in [0.1, 0.15) is 96.0 Å². The van der Waals surface area contributed by atoms with Crippen molar-refractivity contribution in [1.82, 2.24) is 73.7 Å². The summed E-state index contributed by atoms with van der Waals surface area (Å²) < 4.78 is 268. The molecule has 3 fully saturated rings. The van der Waals surface area contributed by atoms with Crippen molar-refractivity contribution in [3.8, 4) is 51.4 Å². The smallest absolute Gasteiger partial charge is 0.427 e. The van der Waals surface area contributed by atoms with Crippen molar-refractivity contribution >= 4 is 29.1 Å². The molecule has 482 valence electrons. The van der Waals surface area contributed by atoms with Crippen LogP contribution in [0.2, 0.25) is 0 Å². The SMILES string of the molecule is CC(C)(Oc1ncc(-c2cn3c(C4CC4(F)F)nnc3cn2)cc1F)C(F)(F)F.CC(C)(Oc1ncc(-c2cn3c(C4CC4(F)F)nnc3cn2)cc1F)C(F)(F)F.CC(C)(Oc1ncc(-c2cn3c(C4CC4(F)F)nnc3cn2)cc1F)C(F)(F)F.CSF. The number of nitrogens with zero attached hydrogens (tertiary/aromatic N) is 15. The molecule has 0 aromatic carbocycles. The van der Waals surface area contributed by atoms with E-state index in [2.05, 4.69) is 74.7 Å². The lowest BCUT2D eigenvalue weighted by atomic mass is 10.1. The topological polar surface area (TPSA) is 196 Å². The zero-order chi connectivity index (χ0) is 66.3. The summed E-state index contributed by atoms with van der Waals surface area (Å²) in [6.07, 6.45) is -2.80. The zero-order valence-electron chi connectivity index (χ0n) is 46.8. The highest BCUT2D eigenvalue weighted by molar-refractivity contribution is 7.93. The van der Waals surface area contributed by atoms with E-state index in [1.165, 1.54) is 56.6 Å². The van der Waals surface area contributed by atoms with E-state index in [0.717, 1.165) is 78.3 Å². The molecule has 9 aromatic heterocycles. The summed E-state index contributed by atoms with van der Waals surface area (Å²) in [4.78, 5) is 23.0. The number of ether oxygens (including phenoxy) is 3. The molecule has 18 nitrogen and oxygen atoms in total. The molecule has 3 saturated carbocycles. The van der Waals surface area contributed by atoms with Crippen LogP contribution in [0, 0.1) is 17.5 Å². The van der Waals surface area contributed by atoms with Gasteiger partial charge in [-0.15, -0.1) is 30.6 Å². The highest BCUT2D eigenvalue weighted by atomic mass is 32.2. The van der Waals surface area contributed by atoms with Crippen molar-refractivity contribution in [3.63, 3.8) is 0 Å². The Morgan fingerprint density at radius 1 is 0.411 bits per heavy atom. The number of halogens is 19. The van der Waals surface area contributed by atoms with Crippen molar-refractivity contribution in [2.75, 3.05) is 6.26 Å². The number of alkyl halides is 15. The molecule has 0 N–H and O–H groups in total. The van der Waals surface area contributed by atoms with E-state index in [-0.39, 0.29) is 99.6 Å². The summed E-state index contributed by atoms with van der Waals surface area (Å²) in [6.45, 7) is 4.49. The molecule has 0 spiro atoms. The monoisotopic (exact) mass is 1320 g/mol. The minimum atomic E-state index is -4.73. The molecule has 3 aliphatic rings. The van der Waals surface area contributed by atoms with Gasteiger partial charge in [0.25, 0.3) is 35.4 Å². The minimum absolute atomic E-state index is 0.0500. The zero-order valence-corrected chi connectivity index (χ0v) is 47.6. The first-order valence-electron chi connectivity index (χ1n) is 25.7.